The van der Waals surface area contributed by atoms with E-state index in [1.54, 1.807) is 11.9 Å². The second kappa shape index (κ2) is 7.47. The monoisotopic (exact) mass is 368 g/mol. The van der Waals surface area contributed by atoms with Crippen molar-refractivity contribution < 1.29 is 13.6 Å². The minimum atomic E-state index is -0.788. The zero-order valence-electron chi connectivity index (χ0n) is 11.9. The van der Waals surface area contributed by atoms with E-state index in [1.807, 2.05) is 24.3 Å². The minimum absolute atomic E-state index is 0.0316. The summed E-state index contributed by atoms with van der Waals surface area (Å²) < 4.78 is 27.9. The molecular weight excluding hydrogens is 354 g/mol. The Labute approximate surface area is 136 Å². The Balaban J connectivity index is 1.92. The second-order valence-corrected chi connectivity index (χ2v) is 5.86. The maximum Gasteiger partial charge on any atom is 0.238 e. The molecule has 2 aromatic rings. The Hall–Kier alpha value is -1.79. The predicted octanol–water partition coefficient (Wildman–Crippen LogP) is 3.80. The lowest BCUT2D eigenvalue weighted by Crippen LogP contribution is -2.30. The molecule has 2 rings (SSSR count). The summed E-state index contributed by atoms with van der Waals surface area (Å²) in [5.74, 6) is -2.04. The van der Waals surface area contributed by atoms with Crippen LogP contribution >= 0.6 is 15.9 Å². The van der Waals surface area contributed by atoms with Gasteiger partial charge >= 0.3 is 0 Å². The lowest BCUT2D eigenvalue weighted by Gasteiger charge is -2.16. The van der Waals surface area contributed by atoms with Gasteiger partial charge in [0.15, 0.2) is 0 Å². The molecule has 1 N–H and O–H groups in total. The Morgan fingerprint density at radius 1 is 1.14 bits per heavy atom. The molecule has 2 aromatic carbocycles. The third-order valence-electron chi connectivity index (χ3n) is 3.01. The van der Waals surface area contributed by atoms with Gasteiger partial charge in [0.25, 0.3) is 0 Å². The minimum Gasteiger partial charge on any atom is -0.320 e. The molecule has 0 atom stereocenters. The smallest absolute Gasteiger partial charge is 0.238 e. The largest absolute Gasteiger partial charge is 0.320 e. The first-order valence-corrected chi connectivity index (χ1v) is 7.42. The van der Waals surface area contributed by atoms with Gasteiger partial charge in [-0.3, -0.25) is 9.69 Å². The molecule has 0 aliphatic rings. The predicted molar refractivity (Wildman–Crippen MR) is 85.5 cm³/mol. The van der Waals surface area contributed by atoms with Crippen molar-refractivity contribution in [1.29, 1.82) is 0 Å². The molecule has 0 heterocycles. The molecule has 1 amide bonds. The fraction of sp³-hybridized carbons (Fsp3) is 0.188. The van der Waals surface area contributed by atoms with Crippen LogP contribution in [0.25, 0.3) is 0 Å². The van der Waals surface area contributed by atoms with E-state index in [-0.39, 0.29) is 6.54 Å². The number of amides is 1. The van der Waals surface area contributed by atoms with Gasteiger partial charge in [-0.1, -0.05) is 34.1 Å². The fourth-order valence-electron chi connectivity index (χ4n) is 2.00. The van der Waals surface area contributed by atoms with Crippen molar-refractivity contribution in [3.8, 4) is 0 Å². The van der Waals surface area contributed by atoms with Gasteiger partial charge in [0.1, 0.15) is 17.3 Å². The van der Waals surface area contributed by atoms with Crippen LogP contribution in [0.4, 0.5) is 14.5 Å². The van der Waals surface area contributed by atoms with Gasteiger partial charge in [0.05, 0.1) is 6.54 Å². The quantitative estimate of drug-likeness (QED) is 0.870. The van der Waals surface area contributed by atoms with Gasteiger partial charge in [0.2, 0.25) is 5.91 Å². The molecule has 0 radical (unpaired) electrons. The maximum absolute atomic E-state index is 13.5. The van der Waals surface area contributed by atoms with E-state index in [2.05, 4.69) is 21.2 Å². The highest BCUT2D eigenvalue weighted by molar-refractivity contribution is 9.10. The molecular formula is C16H15BrF2N2O. The van der Waals surface area contributed by atoms with Crippen LogP contribution in [0.3, 0.4) is 0 Å². The molecule has 0 bridgehead atoms. The zero-order chi connectivity index (χ0) is 16.1. The number of halogens is 3. The van der Waals surface area contributed by atoms with Crippen molar-refractivity contribution in [3.63, 3.8) is 0 Å². The van der Waals surface area contributed by atoms with Crippen LogP contribution in [0.1, 0.15) is 5.56 Å². The summed E-state index contributed by atoms with van der Waals surface area (Å²) in [5, 5.41) is 2.27. The summed E-state index contributed by atoms with van der Waals surface area (Å²) in [6.45, 7) is 0.588. The lowest BCUT2D eigenvalue weighted by molar-refractivity contribution is -0.117. The van der Waals surface area contributed by atoms with Crippen LogP contribution < -0.4 is 5.32 Å². The Bertz CT molecular complexity index is 641. The zero-order valence-corrected chi connectivity index (χ0v) is 13.5. The number of rotatable bonds is 5. The highest BCUT2D eigenvalue weighted by Gasteiger charge is 2.13. The van der Waals surface area contributed by atoms with E-state index < -0.39 is 23.2 Å². The number of nitrogens with zero attached hydrogens (tertiary/aromatic N) is 1. The summed E-state index contributed by atoms with van der Waals surface area (Å²) in [6.07, 6.45) is 0. The Kier molecular flexibility index (Phi) is 5.63. The fourth-order valence-corrected chi connectivity index (χ4v) is 2.26. The topological polar surface area (TPSA) is 32.3 Å². The Morgan fingerprint density at radius 2 is 1.73 bits per heavy atom. The van der Waals surface area contributed by atoms with Gasteiger partial charge in [0, 0.05) is 11.0 Å². The summed E-state index contributed by atoms with van der Waals surface area (Å²) in [6, 6.07) is 11.2. The average molecular weight is 369 g/mol. The van der Waals surface area contributed by atoms with E-state index in [4.69, 9.17) is 0 Å². The molecule has 0 aliphatic heterocycles. The number of para-hydroxylation sites is 1. The number of anilines is 1. The van der Waals surface area contributed by atoms with Gasteiger partial charge in [-0.15, -0.1) is 0 Å². The molecule has 3 nitrogen and oxygen atoms in total. The van der Waals surface area contributed by atoms with Crippen LogP contribution in [0, 0.1) is 11.6 Å². The van der Waals surface area contributed by atoms with Gasteiger partial charge in [-0.25, -0.2) is 8.78 Å². The lowest BCUT2D eigenvalue weighted by atomic mass is 10.2. The molecule has 0 unspecified atom stereocenters. The number of benzene rings is 2. The summed E-state index contributed by atoms with van der Waals surface area (Å²) >= 11 is 3.35. The first kappa shape index (κ1) is 16.6. The van der Waals surface area contributed by atoms with Crippen molar-refractivity contribution in [3.05, 3.63) is 64.1 Å². The summed E-state index contributed by atoms with van der Waals surface area (Å²) in [5.41, 5.74) is 0.625. The maximum atomic E-state index is 13.5. The van der Waals surface area contributed by atoms with E-state index in [1.165, 1.54) is 6.07 Å². The van der Waals surface area contributed by atoms with Crippen molar-refractivity contribution in [1.82, 2.24) is 4.90 Å². The molecule has 6 heteroatoms. The van der Waals surface area contributed by atoms with Crippen LogP contribution in [0.15, 0.2) is 46.9 Å². The number of hydrogen-bond donors (Lipinski definition) is 1. The van der Waals surface area contributed by atoms with Gasteiger partial charge in [-0.05, 0) is 36.9 Å². The van der Waals surface area contributed by atoms with Crippen LogP contribution in [0.5, 0.6) is 0 Å². The van der Waals surface area contributed by atoms with Gasteiger partial charge < -0.3 is 5.32 Å². The molecule has 0 aromatic heterocycles. The van der Waals surface area contributed by atoms with Crippen LogP contribution in [0.2, 0.25) is 0 Å². The number of carbonyl (C=O) groups is 1. The molecule has 0 saturated heterocycles. The highest BCUT2D eigenvalue weighted by Crippen LogP contribution is 2.18. The van der Waals surface area contributed by atoms with Crippen molar-refractivity contribution in [2.45, 2.75) is 6.54 Å². The Morgan fingerprint density at radius 3 is 2.32 bits per heavy atom. The number of likely N-dealkylation sites (N-methyl/N-ethyl adjacent to an activating group) is 1. The third kappa shape index (κ3) is 4.61. The number of carbonyl (C=O) groups excluding carboxylic acids is 1. The normalized spacial score (nSPS) is 10.8. The molecule has 0 spiro atoms. The first-order valence-electron chi connectivity index (χ1n) is 6.62. The van der Waals surface area contributed by atoms with E-state index in [0.717, 1.165) is 22.2 Å². The van der Waals surface area contributed by atoms with Crippen LogP contribution in [-0.2, 0) is 11.3 Å². The third-order valence-corrected chi connectivity index (χ3v) is 3.54. The molecule has 0 fully saturated rings. The molecule has 116 valence electrons. The highest BCUT2D eigenvalue weighted by atomic mass is 79.9. The van der Waals surface area contributed by atoms with Crippen molar-refractivity contribution in [2.24, 2.45) is 0 Å². The number of nitrogens with one attached hydrogen (secondary N) is 1. The summed E-state index contributed by atoms with van der Waals surface area (Å²) in [4.78, 5) is 13.6. The molecule has 0 aliphatic carbocycles. The SMILES string of the molecule is CN(CC(=O)Nc1c(F)cccc1F)Cc1ccc(Br)cc1. The first-order chi connectivity index (χ1) is 10.5. The van der Waals surface area contributed by atoms with Crippen molar-refractivity contribution >= 4 is 27.5 Å². The average Bonchev–Trinajstić information content (AvgIpc) is 2.45. The second-order valence-electron chi connectivity index (χ2n) is 4.94. The van der Waals surface area contributed by atoms with Crippen molar-refractivity contribution in [2.75, 3.05) is 18.9 Å². The molecule has 0 saturated carbocycles. The molecule has 22 heavy (non-hydrogen) atoms. The number of hydrogen-bond acceptors (Lipinski definition) is 2. The van der Waals surface area contributed by atoms with E-state index >= 15 is 0 Å². The van der Waals surface area contributed by atoms with E-state index in [9.17, 15) is 13.6 Å². The standard InChI is InChI=1S/C16H15BrF2N2O/c1-21(9-11-5-7-12(17)8-6-11)10-15(22)20-16-13(18)3-2-4-14(16)19/h2-8H,9-10H2,1H3,(H,20,22). The van der Waals surface area contributed by atoms with E-state index in [0.29, 0.717) is 6.54 Å². The van der Waals surface area contributed by atoms with Gasteiger partial charge in [-0.2, -0.15) is 0 Å². The summed E-state index contributed by atoms with van der Waals surface area (Å²) in [7, 11) is 1.76. The van der Waals surface area contributed by atoms with Crippen LogP contribution in [-0.4, -0.2) is 24.4 Å².